The molecule has 1 unspecified atom stereocenters. The van der Waals surface area contributed by atoms with E-state index in [0.29, 0.717) is 27.1 Å². The fourth-order valence-electron chi connectivity index (χ4n) is 3.21. The molecule has 0 bridgehead atoms. The molecular weight excluding hydrogens is 456 g/mol. The van der Waals surface area contributed by atoms with E-state index in [1.165, 1.54) is 11.3 Å². The van der Waals surface area contributed by atoms with Crippen LogP contribution in [0.25, 0.3) is 10.6 Å². The predicted molar refractivity (Wildman–Crippen MR) is 132 cm³/mol. The van der Waals surface area contributed by atoms with Crippen LogP contribution in [0.15, 0.2) is 78.9 Å². The minimum absolute atomic E-state index is 0.317. The Bertz CT molecular complexity index is 1260. The number of hydrogen-bond donors (Lipinski definition) is 2. The van der Waals surface area contributed by atoms with Gasteiger partial charge >= 0.3 is 0 Å². The largest absolute Gasteiger partial charge is 0.340 e. The number of amides is 2. The summed E-state index contributed by atoms with van der Waals surface area (Å²) in [7, 11) is 0. The van der Waals surface area contributed by atoms with Gasteiger partial charge in [0.1, 0.15) is 11.0 Å². The molecule has 0 aliphatic rings. The molecule has 1 aromatic heterocycles. The molecule has 4 rings (SSSR count). The number of nitrogens with one attached hydrogen (secondary N) is 2. The topological polar surface area (TPSA) is 84.0 Å². The van der Waals surface area contributed by atoms with Crippen molar-refractivity contribution in [1.29, 1.82) is 0 Å². The van der Waals surface area contributed by atoms with Crippen molar-refractivity contribution in [3.63, 3.8) is 0 Å². The van der Waals surface area contributed by atoms with E-state index in [0.717, 1.165) is 16.7 Å². The number of benzene rings is 3. The Balaban J connectivity index is 1.51. The van der Waals surface area contributed by atoms with Gasteiger partial charge in [-0.15, -0.1) is 10.2 Å². The minimum atomic E-state index is -0.792. The number of carbonyl (C=O) groups is 2. The molecule has 1 heterocycles. The first-order valence-electron chi connectivity index (χ1n) is 10.3. The number of rotatable bonds is 7. The van der Waals surface area contributed by atoms with Gasteiger partial charge in [0, 0.05) is 22.6 Å². The fourth-order valence-corrected chi connectivity index (χ4v) is 4.14. The van der Waals surface area contributed by atoms with E-state index >= 15 is 0 Å². The summed E-state index contributed by atoms with van der Waals surface area (Å²) >= 11 is 7.30. The number of nitrogens with zero attached hydrogens (tertiary/aromatic N) is 2. The predicted octanol–water partition coefficient (Wildman–Crippen LogP) is 5.15. The molecule has 2 N–H and O–H groups in total. The van der Waals surface area contributed by atoms with Gasteiger partial charge in [-0.1, -0.05) is 83.1 Å². The molecule has 0 saturated carbocycles. The summed E-state index contributed by atoms with van der Waals surface area (Å²) in [5.41, 5.74) is 3.29. The summed E-state index contributed by atoms with van der Waals surface area (Å²) in [4.78, 5) is 25.9. The molecule has 0 spiro atoms. The maximum absolute atomic E-state index is 13.1. The van der Waals surface area contributed by atoms with Crippen molar-refractivity contribution in [3.05, 3.63) is 101 Å². The zero-order valence-electron chi connectivity index (χ0n) is 17.8. The standard InChI is InChI=1S/C25H21ClN4O2S/c1-16-10-12-18(13-11-16)22(31)27-21(14-17-6-3-2-4-7-17)23(32)28-25-30-29-24(33-25)19-8-5-9-20(26)15-19/h2-13,15,21H,14H2,1H3,(H,27,31)(H,28,30,32). The van der Waals surface area contributed by atoms with Crippen LogP contribution in [0.2, 0.25) is 5.02 Å². The van der Waals surface area contributed by atoms with Crippen LogP contribution < -0.4 is 10.6 Å². The van der Waals surface area contributed by atoms with Crippen LogP contribution in [0.1, 0.15) is 21.5 Å². The molecule has 0 saturated heterocycles. The molecule has 8 heteroatoms. The van der Waals surface area contributed by atoms with Gasteiger partial charge in [-0.2, -0.15) is 0 Å². The van der Waals surface area contributed by atoms with Crippen molar-refractivity contribution < 1.29 is 9.59 Å². The van der Waals surface area contributed by atoms with Gasteiger partial charge in [-0.3, -0.25) is 14.9 Å². The lowest BCUT2D eigenvalue weighted by molar-refractivity contribution is -0.118. The summed E-state index contributed by atoms with van der Waals surface area (Å²) in [6.45, 7) is 1.95. The highest BCUT2D eigenvalue weighted by Gasteiger charge is 2.23. The maximum Gasteiger partial charge on any atom is 0.251 e. The highest BCUT2D eigenvalue weighted by molar-refractivity contribution is 7.18. The van der Waals surface area contributed by atoms with Crippen LogP contribution in [-0.4, -0.2) is 28.1 Å². The van der Waals surface area contributed by atoms with Crippen LogP contribution in [0.4, 0.5) is 5.13 Å². The fraction of sp³-hybridized carbons (Fsp3) is 0.120. The number of carbonyl (C=O) groups excluding carboxylic acids is 2. The van der Waals surface area contributed by atoms with Gasteiger partial charge in [0.05, 0.1) is 0 Å². The maximum atomic E-state index is 13.1. The Morgan fingerprint density at radius 1 is 0.970 bits per heavy atom. The third kappa shape index (κ3) is 6.03. The molecule has 6 nitrogen and oxygen atoms in total. The Kier molecular flexibility index (Phi) is 7.12. The quantitative estimate of drug-likeness (QED) is 0.386. The molecular formula is C25H21ClN4O2S. The number of halogens is 1. The highest BCUT2D eigenvalue weighted by atomic mass is 35.5. The van der Waals surface area contributed by atoms with Gasteiger partial charge in [-0.05, 0) is 36.8 Å². The Morgan fingerprint density at radius 3 is 2.45 bits per heavy atom. The summed E-state index contributed by atoms with van der Waals surface area (Å²) in [5, 5.41) is 15.4. The second-order valence-corrected chi connectivity index (χ2v) is 8.91. The van der Waals surface area contributed by atoms with Gasteiger partial charge in [-0.25, -0.2) is 0 Å². The zero-order valence-corrected chi connectivity index (χ0v) is 19.4. The van der Waals surface area contributed by atoms with Crippen LogP contribution in [0.3, 0.4) is 0 Å². The van der Waals surface area contributed by atoms with E-state index in [1.54, 1.807) is 24.3 Å². The number of anilines is 1. The van der Waals surface area contributed by atoms with E-state index < -0.39 is 6.04 Å². The van der Waals surface area contributed by atoms with Crippen LogP contribution in [0, 0.1) is 6.92 Å². The average Bonchev–Trinajstić information content (AvgIpc) is 3.28. The number of aromatic nitrogens is 2. The average molecular weight is 477 g/mol. The normalized spacial score (nSPS) is 11.6. The van der Waals surface area contributed by atoms with E-state index in [2.05, 4.69) is 20.8 Å². The summed E-state index contributed by atoms with van der Waals surface area (Å²) in [6, 6.07) is 23.2. The minimum Gasteiger partial charge on any atom is -0.340 e. The number of hydrogen-bond acceptors (Lipinski definition) is 5. The first kappa shape index (κ1) is 22.6. The molecule has 0 radical (unpaired) electrons. The van der Waals surface area contributed by atoms with Crippen LogP contribution >= 0.6 is 22.9 Å². The molecule has 3 aromatic carbocycles. The second-order valence-electron chi connectivity index (χ2n) is 7.49. The Morgan fingerprint density at radius 2 is 1.73 bits per heavy atom. The van der Waals surface area contributed by atoms with Crippen molar-refractivity contribution in [1.82, 2.24) is 15.5 Å². The molecule has 0 aliphatic heterocycles. The van der Waals surface area contributed by atoms with Crippen molar-refractivity contribution >= 4 is 39.9 Å². The monoisotopic (exact) mass is 476 g/mol. The first-order valence-corrected chi connectivity index (χ1v) is 11.5. The van der Waals surface area contributed by atoms with Crippen LogP contribution in [-0.2, 0) is 11.2 Å². The Labute approximate surface area is 200 Å². The molecule has 0 aliphatic carbocycles. The van der Waals surface area contributed by atoms with E-state index in [9.17, 15) is 9.59 Å². The summed E-state index contributed by atoms with van der Waals surface area (Å²) < 4.78 is 0. The van der Waals surface area contributed by atoms with Crippen molar-refractivity contribution in [2.24, 2.45) is 0 Å². The van der Waals surface area contributed by atoms with Gasteiger partial charge < -0.3 is 5.32 Å². The molecule has 166 valence electrons. The first-order chi connectivity index (χ1) is 16.0. The van der Waals surface area contributed by atoms with Gasteiger partial charge in [0.2, 0.25) is 11.0 Å². The smallest absolute Gasteiger partial charge is 0.251 e. The number of aryl methyl sites for hydroxylation is 1. The summed E-state index contributed by atoms with van der Waals surface area (Å²) in [6.07, 6.45) is 0.338. The molecule has 1 atom stereocenters. The lowest BCUT2D eigenvalue weighted by Crippen LogP contribution is -2.45. The molecule has 4 aromatic rings. The van der Waals surface area contributed by atoms with E-state index in [4.69, 9.17) is 11.6 Å². The third-order valence-corrected chi connectivity index (χ3v) is 6.07. The lowest BCUT2D eigenvalue weighted by Gasteiger charge is -2.18. The molecule has 33 heavy (non-hydrogen) atoms. The van der Waals surface area contributed by atoms with Crippen molar-refractivity contribution in [2.75, 3.05) is 5.32 Å². The lowest BCUT2D eigenvalue weighted by atomic mass is 10.0. The highest BCUT2D eigenvalue weighted by Crippen LogP contribution is 2.28. The molecule has 0 fully saturated rings. The third-order valence-electron chi connectivity index (χ3n) is 4.94. The summed E-state index contributed by atoms with van der Waals surface area (Å²) in [5.74, 6) is -0.684. The van der Waals surface area contributed by atoms with E-state index in [1.807, 2.05) is 61.5 Å². The molecule has 2 amide bonds. The van der Waals surface area contributed by atoms with Crippen molar-refractivity contribution in [3.8, 4) is 10.6 Å². The van der Waals surface area contributed by atoms with Crippen molar-refractivity contribution in [2.45, 2.75) is 19.4 Å². The Hall–Kier alpha value is -3.55. The van der Waals surface area contributed by atoms with Gasteiger partial charge in [0.25, 0.3) is 5.91 Å². The van der Waals surface area contributed by atoms with Gasteiger partial charge in [0.15, 0.2) is 0 Å². The zero-order chi connectivity index (χ0) is 23.2. The van der Waals surface area contributed by atoms with E-state index in [-0.39, 0.29) is 11.8 Å². The SMILES string of the molecule is Cc1ccc(C(=O)NC(Cc2ccccc2)C(=O)Nc2nnc(-c3cccc(Cl)c3)s2)cc1. The van der Waals surface area contributed by atoms with Crippen LogP contribution in [0.5, 0.6) is 0 Å². The second kappa shape index (κ2) is 10.4.